The Morgan fingerprint density at radius 3 is 2.24 bits per heavy atom. The van der Waals surface area contributed by atoms with Gasteiger partial charge in [0.1, 0.15) is 5.75 Å². The molecule has 1 aliphatic carbocycles. The number of fused-ring (bicyclic) bond motifs is 1. The van der Waals surface area contributed by atoms with Crippen molar-refractivity contribution in [3.05, 3.63) is 142 Å². The van der Waals surface area contributed by atoms with Gasteiger partial charge in [0.05, 0.1) is 43.0 Å². The van der Waals surface area contributed by atoms with E-state index in [1.165, 1.54) is 25.4 Å². The number of carboxylic acid groups (broad SMARTS) is 1. The fourth-order valence-electron chi connectivity index (χ4n) is 6.73. The number of carbonyl (C=O) groups is 3. The van der Waals surface area contributed by atoms with Crippen molar-refractivity contribution in [1.29, 1.82) is 0 Å². The second kappa shape index (κ2) is 15.1. The Morgan fingerprint density at radius 2 is 1.55 bits per heavy atom. The zero-order chi connectivity index (χ0) is 34.3. The highest BCUT2D eigenvalue weighted by molar-refractivity contribution is 5.99. The number of esters is 2. The molecule has 0 bridgehead atoms. The lowest BCUT2D eigenvalue weighted by Crippen LogP contribution is -2.10. The summed E-state index contributed by atoms with van der Waals surface area (Å²) < 4.78 is 18.0. The molecule has 5 aromatic rings. The van der Waals surface area contributed by atoms with Crippen LogP contribution in [0.5, 0.6) is 5.75 Å². The SMILES string of the molecule is COC(=O)c1ccc(Cn2c(CCCOc3cccc(C(=O)OC)c3)c(C3=CCC(c4ccccc4)CC3)c3ccc(C(=O)O)cc32)cc1. The number of rotatable bonds is 12. The zero-order valence-corrected chi connectivity index (χ0v) is 27.7. The predicted molar refractivity (Wildman–Crippen MR) is 188 cm³/mol. The van der Waals surface area contributed by atoms with Crippen LogP contribution in [0.3, 0.4) is 0 Å². The number of carboxylic acids is 1. The molecule has 8 heteroatoms. The minimum absolute atomic E-state index is 0.223. The van der Waals surface area contributed by atoms with Crippen molar-refractivity contribution < 1.29 is 33.7 Å². The van der Waals surface area contributed by atoms with Crippen LogP contribution in [0, 0.1) is 0 Å². The van der Waals surface area contributed by atoms with Crippen molar-refractivity contribution in [1.82, 2.24) is 4.57 Å². The molecule has 0 fully saturated rings. The van der Waals surface area contributed by atoms with E-state index in [2.05, 4.69) is 34.9 Å². The second-order valence-electron chi connectivity index (χ2n) is 12.2. The Kier molecular flexibility index (Phi) is 10.2. The molecule has 6 rings (SSSR count). The number of hydrogen-bond acceptors (Lipinski definition) is 6. The van der Waals surface area contributed by atoms with Gasteiger partial charge < -0.3 is 23.9 Å². The summed E-state index contributed by atoms with van der Waals surface area (Å²) in [7, 11) is 2.71. The molecule has 0 aliphatic heterocycles. The lowest BCUT2D eigenvalue weighted by atomic mass is 9.82. The van der Waals surface area contributed by atoms with Gasteiger partial charge in [-0.1, -0.05) is 60.7 Å². The summed E-state index contributed by atoms with van der Waals surface area (Å²) in [5.74, 6) is -0.770. The van der Waals surface area contributed by atoms with Gasteiger partial charge in [-0.2, -0.15) is 0 Å². The van der Waals surface area contributed by atoms with Gasteiger partial charge in [0.25, 0.3) is 0 Å². The summed E-state index contributed by atoms with van der Waals surface area (Å²) in [5, 5.41) is 11.0. The van der Waals surface area contributed by atoms with Crippen LogP contribution in [-0.2, 0) is 22.4 Å². The Hall–Kier alpha value is -5.63. The van der Waals surface area contributed by atoms with Gasteiger partial charge in [0.15, 0.2) is 0 Å². The third-order valence-corrected chi connectivity index (χ3v) is 9.22. The van der Waals surface area contributed by atoms with Crippen molar-refractivity contribution >= 4 is 34.4 Å². The van der Waals surface area contributed by atoms with E-state index in [1.54, 1.807) is 42.5 Å². The first kappa shape index (κ1) is 33.3. The summed E-state index contributed by atoms with van der Waals surface area (Å²) >= 11 is 0. The molecule has 1 aliphatic rings. The smallest absolute Gasteiger partial charge is 0.337 e. The highest BCUT2D eigenvalue weighted by Gasteiger charge is 2.25. The van der Waals surface area contributed by atoms with E-state index in [0.29, 0.717) is 48.8 Å². The van der Waals surface area contributed by atoms with E-state index in [1.807, 2.05) is 30.3 Å². The topological polar surface area (TPSA) is 104 Å². The monoisotopic (exact) mass is 657 g/mol. The standard InChI is InChI=1S/C41H39NO7/c1-47-40(45)31-15-13-27(14-16-31)26-42-36(12-7-23-49-34-11-6-10-33(24-34)41(46)48-2)38(35-22-21-32(39(43)44)25-37(35)42)30-19-17-29(18-20-30)28-8-4-3-5-9-28/h3-6,8-11,13-16,19,21-22,24-25,29H,7,12,17-18,20,23,26H2,1-2H3,(H,43,44). The Morgan fingerprint density at radius 1 is 0.816 bits per heavy atom. The van der Waals surface area contributed by atoms with E-state index < -0.39 is 17.9 Å². The maximum atomic E-state index is 12.1. The molecule has 0 saturated carbocycles. The first-order valence-electron chi connectivity index (χ1n) is 16.5. The molecule has 1 unspecified atom stereocenters. The van der Waals surface area contributed by atoms with E-state index in [4.69, 9.17) is 14.2 Å². The Bertz CT molecular complexity index is 2010. The van der Waals surface area contributed by atoms with Gasteiger partial charge in [-0.25, -0.2) is 14.4 Å². The highest BCUT2D eigenvalue weighted by Crippen LogP contribution is 2.41. The normalized spacial score (nSPS) is 14.2. The molecule has 0 amide bonds. The molecular weight excluding hydrogens is 618 g/mol. The lowest BCUT2D eigenvalue weighted by Gasteiger charge is -2.23. The summed E-state index contributed by atoms with van der Waals surface area (Å²) in [6.45, 7) is 0.896. The number of aromatic carboxylic acids is 1. The molecule has 250 valence electrons. The molecule has 0 saturated heterocycles. The Balaban J connectivity index is 1.37. The fourth-order valence-corrected chi connectivity index (χ4v) is 6.73. The average molecular weight is 658 g/mol. The number of nitrogens with zero attached hydrogens (tertiary/aromatic N) is 1. The summed E-state index contributed by atoms with van der Waals surface area (Å²) in [6.07, 6.45) is 6.55. The van der Waals surface area contributed by atoms with Crippen LogP contribution in [0.25, 0.3) is 16.5 Å². The van der Waals surface area contributed by atoms with Gasteiger partial charge in [-0.05, 0) is 97.2 Å². The number of carbonyl (C=O) groups excluding carboxylic acids is 2. The van der Waals surface area contributed by atoms with E-state index in [-0.39, 0.29) is 5.56 Å². The molecule has 1 heterocycles. The molecule has 1 aromatic heterocycles. The van der Waals surface area contributed by atoms with E-state index in [0.717, 1.165) is 47.0 Å². The molecule has 0 radical (unpaired) electrons. The predicted octanol–water partition coefficient (Wildman–Crippen LogP) is 8.32. The van der Waals surface area contributed by atoms with Gasteiger partial charge in [0.2, 0.25) is 0 Å². The van der Waals surface area contributed by atoms with Crippen molar-refractivity contribution in [2.24, 2.45) is 0 Å². The number of hydrogen-bond donors (Lipinski definition) is 1. The first-order valence-corrected chi connectivity index (χ1v) is 16.5. The van der Waals surface area contributed by atoms with Gasteiger partial charge in [0, 0.05) is 23.2 Å². The van der Waals surface area contributed by atoms with E-state index in [9.17, 15) is 19.5 Å². The lowest BCUT2D eigenvalue weighted by molar-refractivity contribution is 0.0591. The summed E-state index contributed by atoms with van der Waals surface area (Å²) in [5.41, 5.74) is 7.79. The quantitative estimate of drug-likeness (QED) is 0.106. The van der Waals surface area contributed by atoms with Crippen LogP contribution in [0.2, 0.25) is 0 Å². The van der Waals surface area contributed by atoms with E-state index >= 15 is 0 Å². The minimum Gasteiger partial charge on any atom is -0.494 e. The van der Waals surface area contributed by atoms with Crippen LogP contribution < -0.4 is 4.74 Å². The van der Waals surface area contributed by atoms with Gasteiger partial charge >= 0.3 is 17.9 Å². The van der Waals surface area contributed by atoms with Crippen LogP contribution in [-0.4, -0.2) is 48.4 Å². The molecule has 1 atom stereocenters. The third-order valence-electron chi connectivity index (χ3n) is 9.22. The third kappa shape index (κ3) is 7.44. The summed E-state index contributed by atoms with van der Waals surface area (Å²) in [4.78, 5) is 36.3. The number of ether oxygens (including phenoxy) is 3. The van der Waals surface area contributed by atoms with Crippen LogP contribution in [0.15, 0.2) is 103 Å². The van der Waals surface area contributed by atoms with Gasteiger partial charge in [-0.15, -0.1) is 0 Å². The zero-order valence-electron chi connectivity index (χ0n) is 27.7. The maximum Gasteiger partial charge on any atom is 0.337 e. The van der Waals surface area contributed by atoms with Crippen molar-refractivity contribution in [2.45, 2.75) is 44.6 Å². The molecule has 1 N–H and O–H groups in total. The number of allylic oxidation sites excluding steroid dienone is 2. The van der Waals surface area contributed by atoms with Gasteiger partial charge in [-0.3, -0.25) is 0 Å². The van der Waals surface area contributed by atoms with Crippen molar-refractivity contribution in [3.63, 3.8) is 0 Å². The van der Waals surface area contributed by atoms with Crippen LogP contribution in [0.4, 0.5) is 0 Å². The largest absolute Gasteiger partial charge is 0.494 e. The second-order valence-corrected chi connectivity index (χ2v) is 12.2. The molecule has 0 spiro atoms. The molecular formula is C41H39NO7. The Labute approximate surface area is 285 Å². The molecule has 4 aromatic carbocycles. The maximum absolute atomic E-state index is 12.1. The first-order chi connectivity index (χ1) is 23.9. The van der Waals surface area contributed by atoms with Crippen molar-refractivity contribution in [3.8, 4) is 5.75 Å². The number of methoxy groups -OCH3 is 2. The molecule has 8 nitrogen and oxygen atoms in total. The highest BCUT2D eigenvalue weighted by atomic mass is 16.5. The number of aromatic nitrogens is 1. The fraction of sp³-hybridized carbons (Fsp3) is 0.244. The average Bonchev–Trinajstić information content (AvgIpc) is 3.45. The molecule has 49 heavy (non-hydrogen) atoms. The van der Waals surface area contributed by atoms with Crippen LogP contribution in [0.1, 0.15) is 85.1 Å². The van der Waals surface area contributed by atoms with Crippen LogP contribution >= 0.6 is 0 Å². The van der Waals surface area contributed by atoms with Crippen molar-refractivity contribution in [2.75, 3.05) is 20.8 Å². The minimum atomic E-state index is -0.981. The summed E-state index contributed by atoms with van der Waals surface area (Å²) in [6, 6.07) is 30.3. The number of benzene rings is 4.